The minimum Gasteiger partial charge on any atom is -0.339 e. The second-order valence-corrected chi connectivity index (χ2v) is 5.73. The van der Waals surface area contributed by atoms with E-state index in [1.54, 1.807) is 9.80 Å². The molecule has 0 aromatic carbocycles. The summed E-state index contributed by atoms with van der Waals surface area (Å²) in [6.07, 6.45) is 2.20. The number of piperazine rings is 1. The van der Waals surface area contributed by atoms with Crippen LogP contribution in [0.1, 0.15) is 19.8 Å². The first-order chi connectivity index (χ1) is 11.0. The molecule has 1 fully saturated rings. The zero-order valence-corrected chi connectivity index (χ0v) is 13.4. The van der Waals surface area contributed by atoms with Crippen LogP contribution < -0.4 is 5.32 Å². The Morgan fingerprint density at radius 2 is 1.74 bits per heavy atom. The van der Waals surface area contributed by atoms with E-state index in [1.165, 1.54) is 17.9 Å². The monoisotopic (exact) mass is 326 g/mol. The van der Waals surface area contributed by atoms with Crippen LogP contribution in [0.15, 0.2) is 11.9 Å². The summed E-state index contributed by atoms with van der Waals surface area (Å²) >= 11 is 0. The zero-order chi connectivity index (χ0) is 16.8. The first kappa shape index (κ1) is 17.2. The van der Waals surface area contributed by atoms with E-state index in [2.05, 4.69) is 5.32 Å². The molecule has 0 aromatic heterocycles. The summed E-state index contributed by atoms with van der Waals surface area (Å²) in [5.74, 6) is -0.323. The average Bonchev–Trinajstić information content (AvgIpc) is 2.54. The van der Waals surface area contributed by atoms with Gasteiger partial charge >= 0.3 is 6.03 Å². The van der Waals surface area contributed by atoms with Gasteiger partial charge in [0.05, 0.1) is 6.54 Å². The molecule has 7 nitrogen and oxygen atoms in total. The Bertz CT molecular complexity index is 501. The van der Waals surface area contributed by atoms with Crippen molar-refractivity contribution < 1.29 is 18.8 Å². The quantitative estimate of drug-likeness (QED) is 0.813. The van der Waals surface area contributed by atoms with Crippen LogP contribution in [0.5, 0.6) is 0 Å². The Labute approximate surface area is 135 Å². The third kappa shape index (κ3) is 4.94. The van der Waals surface area contributed by atoms with Crippen LogP contribution in [0, 0.1) is 0 Å². The molecule has 128 valence electrons. The molecule has 0 aliphatic carbocycles. The molecule has 0 atom stereocenters. The standard InChI is InChI=1S/C15H23FN4O3/c1-12(21)18-7-9-19(10-8-18)14(22)4-5-17-15(23)20-6-2-3-13(16)11-20/h3H,2,4-11H2,1H3,(H,17,23). The molecule has 0 saturated carbocycles. The summed E-state index contributed by atoms with van der Waals surface area (Å²) in [5.41, 5.74) is 0. The summed E-state index contributed by atoms with van der Waals surface area (Å²) in [7, 11) is 0. The molecular weight excluding hydrogens is 303 g/mol. The fraction of sp³-hybridized carbons (Fsp3) is 0.667. The molecule has 2 heterocycles. The maximum Gasteiger partial charge on any atom is 0.317 e. The molecule has 0 spiro atoms. The van der Waals surface area contributed by atoms with Gasteiger partial charge in [-0.1, -0.05) is 0 Å². The average molecular weight is 326 g/mol. The lowest BCUT2D eigenvalue weighted by Gasteiger charge is -2.34. The fourth-order valence-corrected chi connectivity index (χ4v) is 2.69. The normalized spacial score (nSPS) is 18.5. The van der Waals surface area contributed by atoms with Crippen molar-refractivity contribution in [1.82, 2.24) is 20.0 Å². The van der Waals surface area contributed by atoms with Gasteiger partial charge in [0.15, 0.2) is 0 Å². The lowest BCUT2D eigenvalue weighted by Crippen LogP contribution is -2.50. The first-order valence-corrected chi connectivity index (χ1v) is 7.88. The Morgan fingerprint density at radius 1 is 1.09 bits per heavy atom. The smallest absolute Gasteiger partial charge is 0.317 e. The number of hydrogen-bond donors (Lipinski definition) is 1. The molecule has 8 heteroatoms. The molecule has 0 bridgehead atoms. The largest absolute Gasteiger partial charge is 0.339 e. The number of carbonyl (C=O) groups is 3. The van der Waals surface area contributed by atoms with Crippen molar-refractivity contribution in [3.8, 4) is 0 Å². The summed E-state index contributed by atoms with van der Waals surface area (Å²) in [6, 6.07) is -0.345. The lowest BCUT2D eigenvalue weighted by atomic mass is 10.2. The van der Waals surface area contributed by atoms with Crippen molar-refractivity contribution >= 4 is 17.8 Å². The Morgan fingerprint density at radius 3 is 2.35 bits per heavy atom. The first-order valence-electron chi connectivity index (χ1n) is 7.88. The topological polar surface area (TPSA) is 73.0 Å². The lowest BCUT2D eigenvalue weighted by molar-refractivity contribution is -0.138. The second kappa shape index (κ2) is 7.94. The highest BCUT2D eigenvalue weighted by Crippen LogP contribution is 2.10. The molecule has 0 radical (unpaired) electrons. The highest BCUT2D eigenvalue weighted by molar-refractivity contribution is 5.79. The number of halogens is 1. The molecule has 4 amide bonds. The minimum atomic E-state index is -0.345. The van der Waals surface area contributed by atoms with Crippen LogP contribution in [0.25, 0.3) is 0 Å². The maximum atomic E-state index is 13.1. The summed E-state index contributed by atoms with van der Waals surface area (Å²) in [5, 5.41) is 2.65. The molecule has 2 rings (SSSR count). The van der Waals surface area contributed by atoms with Crippen molar-refractivity contribution in [3.63, 3.8) is 0 Å². The number of nitrogens with one attached hydrogen (secondary N) is 1. The predicted octanol–water partition coefficient (Wildman–Crippen LogP) is 0.336. The zero-order valence-electron chi connectivity index (χ0n) is 13.4. The van der Waals surface area contributed by atoms with Crippen molar-refractivity contribution in [1.29, 1.82) is 0 Å². The minimum absolute atomic E-state index is 0.00716. The molecular formula is C15H23FN4O3. The molecule has 1 saturated heterocycles. The van der Waals surface area contributed by atoms with Crippen LogP contribution in [0.3, 0.4) is 0 Å². The van der Waals surface area contributed by atoms with Gasteiger partial charge in [0.25, 0.3) is 0 Å². The van der Waals surface area contributed by atoms with E-state index in [9.17, 15) is 18.8 Å². The van der Waals surface area contributed by atoms with E-state index in [-0.39, 0.29) is 43.2 Å². The van der Waals surface area contributed by atoms with Gasteiger partial charge in [0.1, 0.15) is 5.83 Å². The number of urea groups is 1. The number of carbonyl (C=O) groups excluding carboxylic acids is 3. The molecule has 23 heavy (non-hydrogen) atoms. The van der Waals surface area contributed by atoms with Crippen LogP contribution in [0.2, 0.25) is 0 Å². The van der Waals surface area contributed by atoms with Gasteiger partial charge < -0.3 is 20.0 Å². The van der Waals surface area contributed by atoms with Crippen molar-refractivity contribution in [2.24, 2.45) is 0 Å². The molecule has 2 aliphatic rings. The maximum absolute atomic E-state index is 13.1. The number of nitrogens with zero attached hydrogens (tertiary/aromatic N) is 3. The van der Waals surface area contributed by atoms with Gasteiger partial charge in [0.2, 0.25) is 11.8 Å². The fourth-order valence-electron chi connectivity index (χ4n) is 2.69. The predicted molar refractivity (Wildman–Crippen MR) is 82.2 cm³/mol. The van der Waals surface area contributed by atoms with Crippen molar-refractivity contribution in [2.75, 3.05) is 45.8 Å². The third-order valence-electron chi connectivity index (χ3n) is 4.09. The Hall–Kier alpha value is -2.12. The Balaban J connectivity index is 1.66. The molecule has 0 unspecified atom stereocenters. The highest BCUT2D eigenvalue weighted by atomic mass is 19.1. The third-order valence-corrected chi connectivity index (χ3v) is 4.09. The van der Waals surface area contributed by atoms with Crippen molar-refractivity contribution in [2.45, 2.75) is 19.8 Å². The number of hydrogen-bond acceptors (Lipinski definition) is 3. The summed E-state index contributed by atoms with van der Waals surface area (Å²) in [6.45, 7) is 4.37. The summed E-state index contributed by atoms with van der Waals surface area (Å²) < 4.78 is 13.1. The van der Waals surface area contributed by atoms with E-state index >= 15 is 0 Å². The highest BCUT2D eigenvalue weighted by Gasteiger charge is 2.22. The van der Waals surface area contributed by atoms with Gasteiger partial charge in [-0.2, -0.15) is 0 Å². The molecule has 1 N–H and O–H groups in total. The van der Waals surface area contributed by atoms with Crippen LogP contribution in [0.4, 0.5) is 9.18 Å². The SMILES string of the molecule is CC(=O)N1CCN(C(=O)CCNC(=O)N2CCC=C(F)C2)CC1. The van der Waals surface area contributed by atoms with Crippen LogP contribution in [-0.2, 0) is 9.59 Å². The Kier molecular flexibility index (Phi) is 5.95. The van der Waals surface area contributed by atoms with Gasteiger partial charge in [-0.25, -0.2) is 9.18 Å². The van der Waals surface area contributed by atoms with Gasteiger partial charge in [0, 0.05) is 52.6 Å². The van der Waals surface area contributed by atoms with E-state index in [0.29, 0.717) is 39.1 Å². The molecule has 2 aliphatic heterocycles. The second-order valence-electron chi connectivity index (χ2n) is 5.73. The van der Waals surface area contributed by atoms with E-state index < -0.39 is 0 Å². The van der Waals surface area contributed by atoms with Gasteiger partial charge in [-0.05, 0) is 12.5 Å². The molecule has 0 aromatic rings. The van der Waals surface area contributed by atoms with E-state index in [1.807, 2.05) is 0 Å². The van der Waals surface area contributed by atoms with Gasteiger partial charge in [-0.3, -0.25) is 9.59 Å². The number of rotatable bonds is 3. The van der Waals surface area contributed by atoms with Crippen LogP contribution in [-0.4, -0.2) is 78.4 Å². The van der Waals surface area contributed by atoms with E-state index in [4.69, 9.17) is 0 Å². The summed E-state index contributed by atoms with van der Waals surface area (Å²) in [4.78, 5) is 40.0. The van der Waals surface area contributed by atoms with E-state index in [0.717, 1.165) is 0 Å². The van der Waals surface area contributed by atoms with Crippen molar-refractivity contribution in [3.05, 3.63) is 11.9 Å². The van der Waals surface area contributed by atoms with Gasteiger partial charge in [-0.15, -0.1) is 0 Å². The number of amides is 4. The van der Waals surface area contributed by atoms with Crippen LogP contribution >= 0.6 is 0 Å².